The van der Waals surface area contributed by atoms with Crippen molar-refractivity contribution in [1.29, 1.82) is 0 Å². The fraction of sp³-hybridized carbons (Fsp3) is 0.500. The summed E-state index contributed by atoms with van der Waals surface area (Å²) in [4.78, 5) is 1.04. The summed E-state index contributed by atoms with van der Waals surface area (Å²) in [6, 6.07) is 3.84. The van der Waals surface area contributed by atoms with Crippen LogP contribution >= 0.6 is 11.3 Å². The SMILES string of the molecule is CN(C)S(=O)(=O)N(C)Cc1cccs1. The molecule has 6 heteroatoms. The minimum Gasteiger partial charge on any atom is -0.195 e. The Kier molecular flexibility index (Phi) is 3.65. The van der Waals surface area contributed by atoms with Gasteiger partial charge in [0.25, 0.3) is 10.2 Å². The van der Waals surface area contributed by atoms with Gasteiger partial charge < -0.3 is 0 Å². The van der Waals surface area contributed by atoms with Crippen LogP contribution in [0.25, 0.3) is 0 Å². The highest BCUT2D eigenvalue weighted by molar-refractivity contribution is 7.86. The highest BCUT2D eigenvalue weighted by atomic mass is 32.2. The summed E-state index contributed by atoms with van der Waals surface area (Å²) in [6.07, 6.45) is 0. The number of rotatable bonds is 4. The van der Waals surface area contributed by atoms with Crippen LogP contribution < -0.4 is 0 Å². The maximum absolute atomic E-state index is 11.6. The second-order valence-corrected chi connectivity index (χ2v) is 6.41. The summed E-state index contributed by atoms with van der Waals surface area (Å²) >= 11 is 1.55. The van der Waals surface area contributed by atoms with Gasteiger partial charge in [-0.3, -0.25) is 0 Å². The predicted octanol–water partition coefficient (Wildman–Crippen LogP) is 0.986. The van der Waals surface area contributed by atoms with Crippen molar-refractivity contribution in [2.75, 3.05) is 21.1 Å². The molecule has 0 aliphatic carbocycles. The average molecular weight is 234 g/mol. The molecular formula is C8H14N2O2S2. The first kappa shape index (κ1) is 11.6. The summed E-state index contributed by atoms with van der Waals surface area (Å²) in [5, 5.41) is 1.94. The van der Waals surface area contributed by atoms with Crippen molar-refractivity contribution in [2.45, 2.75) is 6.54 Å². The van der Waals surface area contributed by atoms with Crippen LogP contribution in [0.2, 0.25) is 0 Å². The summed E-state index contributed by atoms with van der Waals surface area (Å²) < 4.78 is 25.8. The Hall–Kier alpha value is -0.430. The molecule has 0 aromatic carbocycles. The van der Waals surface area contributed by atoms with Gasteiger partial charge in [-0.2, -0.15) is 17.0 Å². The van der Waals surface area contributed by atoms with E-state index in [2.05, 4.69) is 0 Å². The lowest BCUT2D eigenvalue weighted by Gasteiger charge is -2.20. The lowest BCUT2D eigenvalue weighted by Crippen LogP contribution is -2.36. The minimum absolute atomic E-state index is 0.429. The fourth-order valence-corrected chi connectivity index (χ4v) is 2.68. The molecule has 0 fully saturated rings. The van der Waals surface area contributed by atoms with E-state index in [-0.39, 0.29) is 0 Å². The lowest BCUT2D eigenvalue weighted by atomic mass is 10.5. The van der Waals surface area contributed by atoms with Gasteiger partial charge in [-0.1, -0.05) is 6.07 Å². The van der Waals surface area contributed by atoms with E-state index in [4.69, 9.17) is 0 Å². The highest BCUT2D eigenvalue weighted by Crippen LogP contribution is 2.13. The smallest absolute Gasteiger partial charge is 0.195 e. The van der Waals surface area contributed by atoms with Crippen LogP contribution in [0.3, 0.4) is 0 Å². The number of hydrogen-bond acceptors (Lipinski definition) is 3. The maximum atomic E-state index is 11.6. The van der Waals surface area contributed by atoms with Crippen LogP contribution in [-0.2, 0) is 16.8 Å². The van der Waals surface area contributed by atoms with Crippen LogP contribution in [0, 0.1) is 0 Å². The first-order valence-corrected chi connectivity index (χ1v) is 6.38. The molecule has 4 nitrogen and oxygen atoms in total. The second kappa shape index (κ2) is 4.39. The lowest BCUT2D eigenvalue weighted by molar-refractivity contribution is 0.416. The quantitative estimate of drug-likeness (QED) is 0.779. The van der Waals surface area contributed by atoms with E-state index in [9.17, 15) is 8.42 Å². The van der Waals surface area contributed by atoms with Crippen LogP contribution in [-0.4, -0.2) is 38.2 Å². The Balaban J connectivity index is 2.72. The van der Waals surface area contributed by atoms with E-state index in [1.54, 1.807) is 18.4 Å². The van der Waals surface area contributed by atoms with Gasteiger partial charge in [0.1, 0.15) is 0 Å². The van der Waals surface area contributed by atoms with Crippen LogP contribution in [0.5, 0.6) is 0 Å². The molecule has 0 spiro atoms. The molecule has 0 radical (unpaired) electrons. The van der Waals surface area contributed by atoms with Gasteiger partial charge in [-0.15, -0.1) is 11.3 Å². The maximum Gasteiger partial charge on any atom is 0.281 e. The molecule has 1 rings (SSSR count). The first-order chi connectivity index (χ1) is 6.44. The Morgan fingerprint density at radius 3 is 2.43 bits per heavy atom. The Bertz CT molecular complexity index is 370. The largest absolute Gasteiger partial charge is 0.281 e. The number of nitrogens with zero attached hydrogens (tertiary/aromatic N) is 2. The van der Waals surface area contributed by atoms with Gasteiger partial charge in [0.15, 0.2) is 0 Å². The van der Waals surface area contributed by atoms with Crippen LogP contribution in [0.4, 0.5) is 0 Å². The summed E-state index contributed by atoms with van der Waals surface area (Å²) in [6.45, 7) is 0.429. The van der Waals surface area contributed by atoms with Crippen molar-refractivity contribution in [3.05, 3.63) is 22.4 Å². The zero-order valence-electron chi connectivity index (χ0n) is 8.47. The molecule has 0 aliphatic heterocycles. The molecule has 0 bridgehead atoms. The standard InChI is InChI=1S/C8H14N2O2S2/c1-9(2)14(11,12)10(3)7-8-5-4-6-13-8/h4-6H,7H2,1-3H3. The van der Waals surface area contributed by atoms with E-state index in [1.165, 1.54) is 22.7 Å². The van der Waals surface area contributed by atoms with Crippen molar-refractivity contribution in [3.63, 3.8) is 0 Å². The molecule has 80 valence electrons. The van der Waals surface area contributed by atoms with Crippen molar-refractivity contribution in [1.82, 2.24) is 8.61 Å². The minimum atomic E-state index is -3.28. The van der Waals surface area contributed by atoms with E-state index >= 15 is 0 Å². The normalized spacial score (nSPS) is 12.6. The Morgan fingerprint density at radius 1 is 1.36 bits per heavy atom. The zero-order valence-corrected chi connectivity index (χ0v) is 10.1. The average Bonchev–Trinajstić information content (AvgIpc) is 2.56. The van der Waals surface area contributed by atoms with Gasteiger partial charge in [-0.05, 0) is 11.4 Å². The number of hydrogen-bond donors (Lipinski definition) is 0. The summed E-state index contributed by atoms with van der Waals surface area (Å²) in [7, 11) is 1.35. The van der Waals surface area contributed by atoms with E-state index in [0.717, 1.165) is 4.88 Å². The van der Waals surface area contributed by atoms with Gasteiger partial charge in [0.2, 0.25) is 0 Å². The monoisotopic (exact) mass is 234 g/mol. The molecule has 1 heterocycles. The van der Waals surface area contributed by atoms with Crippen molar-refractivity contribution >= 4 is 21.5 Å². The summed E-state index contributed by atoms with van der Waals surface area (Å²) in [5.74, 6) is 0. The zero-order chi connectivity index (χ0) is 10.8. The fourth-order valence-electron chi connectivity index (χ4n) is 0.982. The highest BCUT2D eigenvalue weighted by Gasteiger charge is 2.20. The molecular weight excluding hydrogens is 220 g/mol. The van der Waals surface area contributed by atoms with Crippen molar-refractivity contribution < 1.29 is 8.42 Å². The molecule has 1 aromatic heterocycles. The molecule has 0 aliphatic rings. The molecule has 0 saturated heterocycles. The molecule has 14 heavy (non-hydrogen) atoms. The van der Waals surface area contributed by atoms with E-state index < -0.39 is 10.2 Å². The second-order valence-electron chi connectivity index (χ2n) is 3.13. The van der Waals surface area contributed by atoms with Crippen molar-refractivity contribution in [3.8, 4) is 0 Å². The van der Waals surface area contributed by atoms with Gasteiger partial charge >= 0.3 is 0 Å². The topological polar surface area (TPSA) is 40.6 Å². The molecule has 0 atom stereocenters. The summed E-state index contributed by atoms with van der Waals surface area (Å²) in [5.41, 5.74) is 0. The third-order valence-electron chi connectivity index (χ3n) is 1.81. The Morgan fingerprint density at radius 2 is 2.00 bits per heavy atom. The van der Waals surface area contributed by atoms with Gasteiger partial charge in [0.05, 0.1) is 0 Å². The van der Waals surface area contributed by atoms with E-state index in [1.807, 2.05) is 17.5 Å². The number of thiophene rings is 1. The van der Waals surface area contributed by atoms with Gasteiger partial charge in [-0.25, -0.2) is 0 Å². The first-order valence-electron chi connectivity index (χ1n) is 4.11. The van der Waals surface area contributed by atoms with Crippen molar-refractivity contribution in [2.24, 2.45) is 0 Å². The molecule has 0 unspecified atom stereocenters. The van der Waals surface area contributed by atoms with Crippen LogP contribution in [0.1, 0.15) is 4.88 Å². The molecule has 1 aromatic rings. The third-order valence-corrected chi connectivity index (χ3v) is 4.51. The third kappa shape index (κ3) is 2.54. The van der Waals surface area contributed by atoms with E-state index in [0.29, 0.717) is 6.54 Å². The van der Waals surface area contributed by atoms with Crippen LogP contribution in [0.15, 0.2) is 17.5 Å². The molecule has 0 amide bonds. The van der Waals surface area contributed by atoms with Gasteiger partial charge in [0, 0.05) is 32.6 Å². The Labute approximate surface area is 88.9 Å². The molecule has 0 N–H and O–H groups in total. The predicted molar refractivity (Wildman–Crippen MR) is 58.4 cm³/mol. The molecule has 0 saturated carbocycles.